The van der Waals surface area contributed by atoms with Crippen molar-refractivity contribution in [1.29, 1.82) is 0 Å². The van der Waals surface area contributed by atoms with Gasteiger partial charge in [0.05, 0.1) is 39.1 Å². The molecule has 9 nitrogen and oxygen atoms in total. The van der Waals surface area contributed by atoms with Gasteiger partial charge in [-0.2, -0.15) is 0 Å². The van der Waals surface area contributed by atoms with E-state index in [-0.39, 0.29) is 30.7 Å². The molecule has 41 heavy (non-hydrogen) atoms. The molecule has 1 saturated heterocycles. The number of benzene rings is 3. The fourth-order valence-electron chi connectivity index (χ4n) is 6.29. The van der Waals surface area contributed by atoms with Gasteiger partial charge in [-0.3, -0.25) is 0 Å². The number of phenolic OH excluding ortho intramolecular Hbond substituents is 1. The summed E-state index contributed by atoms with van der Waals surface area (Å²) < 4.78 is 33.0. The largest absolute Gasteiger partial charge is 0.508 e. The van der Waals surface area contributed by atoms with Crippen LogP contribution >= 0.6 is 0 Å². The molecule has 0 spiro atoms. The highest BCUT2D eigenvalue weighted by molar-refractivity contribution is 5.61. The maximum Gasteiger partial charge on any atom is 0.180 e. The Morgan fingerprint density at radius 2 is 1.68 bits per heavy atom. The standard InChI is InChI=1S/C25H24O5.C7H14O4/c1-28-19-10-8-17(9-11-19)25-20(16-6-4-3-5-7-16)12-13-24(25,27)23-21(29-2)14-18(26)15-22(23)30-25;1-9-7-5-10-6(2-3-8)4-11-7/h3-11,14-15,20,26-27H,12-13H2,1-2H3;6-8H,2-5H2,1H3. The fourth-order valence-corrected chi connectivity index (χ4v) is 6.29. The summed E-state index contributed by atoms with van der Waals surface area (Å²) in [6.07, 6.45) is 1.69. The van der Waals surface area contributed by atoms with Crippen molar-refractivity contribution < 1.29 is 43.7 Å². The van der Waals surface area contributed by atoms with Crippen LogP contribution in [0.3, 0.4) is 0 Å². The number of aliphatic hydroxyl groups excluding tert-OH is 1. The summed E-state index contributed by atoms with van der Waals surface area (Å²) in [4.78, 5) is 0. The van der Waals surface area contributed by atoms with E-state index in [0.717, 1.165) is 23.3 Å². The van der Waals surface area contributed by atoms with Crippen LogP contribution in [-0.2, 0) is 25.4 Å². The third-order valence-corrected chi connectivity index (χ3v) is 8.23. The molecule has 0 bridgehead atoms. The van der Waals surface area contributed by atoms with Crippen LogP contribution < -0.4 is 14.2 Å². The highest BCUT2D eigenvalue weighted by atomic mass is 16.7. The SMILES string of the molecule is COC1COC(CCO)CO1.COc1ccc(C23Oc4cc(O)cc(OC)c4C2(O)CCC3c2ccccc2)cc1. The molecule has 3 aromatic carbocycles. The van der Waals surface area contributed by atoms with E-state index in [0.29, 0.717) is 43.1 Å². The van der Waals surface area contributed by atoms with Crippen LogP contribution in [0, 0.1) is 0 Å². The Kier molecular flexibility index (Phi) is 8.72. The quantitative estimate of drug-likeness (QED) is 0.387. The van der Waals surface area contributed by atoms with E-state index >= 15 is 0 Å². The summed E-state index contributed by atoms with van der Waals surface area (Å²) in [6.45, 7) is 1.12. The lowest BCUT2D eigenvalue weighted by Crippen LogP contribution is -2.48. The van der Waals surface area contributed by atoms with Crippen LogP contribution in [0.25, 0.3) is 0 Å². The van der Waals surface area contributed by atoms with E-state index in [4.69, 9.17) is 33.5 Å². The van der Waals surface area contributed by atoms with Crippen molar-refractivity contribution in [3.05, 3.63) is 83.4 Å². The van der Waals surface area contributed by atoms with Gasteiger partial charge in [0.1, 0.15) is 28.6 Å². The Morgan fingerprint density at radius 1 is 0.927 bits per heavy atom. The van der Waals surface area contributed by atoms with E-state index in [9.17, 15) is 10.2 Å². The van der Waals surface area contributed by atoms with Crippen LogP contribution in [0.15, 0.2) is 66.7 Å². The lowest BCUT2D eigenvalue weighted by atomic mass is 9.71. The second-order valence-corrected chi connectivity index (χ2v) is 10.4. The van der Waals surface area contributed by atoms with Gasteiger partial charge < -0.3 is 43.7 Å². The number of aromatic hydroxyl groups is 1. The van der Waals surface area contributed by atoms with Gasteiger partial charge in [0, 0.05) is 31.8 Å². The average Bonchev–Trinajstić information content (AvgIpc) is 3.44. The first kappa shape index (κ1) is 29.2. The lowest BCUT2D eigenvalue weighted by Gasteiger charge is -2.40. The molecule has 220 valence electrons. The van der Waals surface area contributed by atoms with Gasteiger partial charge in [0.2, 0.25) is 0 Å². The molecule has 9 heteroatoms. The van der Waals surface area contributed by atoms with Gasteiger partial charge >= 0.3 is 0 Å². The number of rotatable bonds is 7. The first-order chi connectivity index (χ1) is 19.9. The normalized spacial score (nSPS) is 28.1. The molecule has 1 saturated carbocycles. The number of methoxy groups -OCH3 is 3. The number of hydrogen-bond acceptors (Lipinski definition) is 9. The van der Waals surface area contributed by atoms with E-state index in [1.54, 1.807) is 20.3 Å². The van der Waals surface area contributed by atoms with Gasteiger partial charge in [-0.05, 0) is 42.5 Å². The molecule has 2 aliphatic heterocycles. The Hall–Kier alpha value is -3.34. The first-order valence-electron chi connectivity index (χ1n) is 13.8. The molecule has 6 rings (SSSR count). The van der Waals surface area contributed by atoms with Gasteiger partial charge in [0.25, 0.3) is 0 Å². The Morgan fingerprint density at radius 3 is 2.29 bits per heavy atom. The van der Waals surface area contributed by atoms with Crippen LogP contribution in [0.2, 0.25) is 0 Å². The lowest BCUT2D eigenvalue weighted by molar-refractivity contribution is -0.226. The van der Waals surface area contributed by atoms with Crippen molar-refractivity contribution in [3.8, 4) is 23.0 Å². The van der Waals surface area contributed by atoms with Crippen LogP contribution in [0.1, 0.15) is 41.9 Å². The summed E-state index contributed by atoms with van der Waals surface area (Å²) in [7, 11) is 4.75. The molecule has 1 aliphatic carbocycles. The summed E-state index contributed by atoms with van der Waals surface area (Å²) >= 11 is 0. The van der Waals surface area contributed by atoms with E-state index < -0.39 is 11.2 Å². The molecule has 0 radical (unpaired) electrons. The van der Waals surface area contributed by atoms with E-state index in [2.05, 4.69) is 12.1 Å². The number of hydrogen-bond donors (Lipinski definition) is 3. The third-order valence-electron chi connectivity index (χ3n) is 8.23. The molecule has 3 aliphatic rings. The van der Waals surface area contributed by atoms with Gasteiger partial charge in [0.15, 0.2) is 11.9 Å². The van der Waals surface area contributed by atoms with Gasteiger partial charge in [-0.15, -0.1) is 0 Å². The van der Waals surface area contributed by atoms with Crippen molar-refractivity contribution in [2.75, 3.05) is 41.2 Å². The second kappa shape index (κ2) is 12.3. The minimum absolute atomic E-state index is 0.0337. The Balaban J connectivity index is 0.000000259. The maximum atomic E-state index is 12.2. The molecule has 3 aromatic rings. The van der Waals surface area contributed by atoms with Crippen molar-refractivity contribution in [1.82, 2.24) is 0 Å². The summed E-state index contributed by atoms with van der Waals surface area (Å²) in [5.41, 5.74) is 0.188. The van der Waals surface area contributed by atoms with Crippen molar-refractivity contribution >= 4 is 0 Å². The van der Waals surface area contributed by atoms with Crippen LogP contribution in [-0.4, -0.2) is 68.9 Å². The molecular formula is C32H38O9. The highest BCUT2D eigenvalue weighted by Gasteiger charge is 2.69. The van der Waals surface area contributed by atoms with Crippen molar-refractivity contribution in [2.24, 2.45) is 0 Å². The van der Waals surface area contributed by atoms with Gasteiger partial charge in [-0.25, -0.2) is 0 Å². The smallest absolute Gasteiger partial charge is 0.180 e. The minimum atomic E-state index is -1.31. The molecule has 2 heterocycles. The highest BCUT2D eigenvalue weighted by Crippen LogP contribution is 2.68. The first-order valence-corrected chi connectivity index (χ1v) is 13.8. The number of ether oxygens (including phenoxy) is 6. The van der Waals surface area contributed by atoms with E-state index in [1.165, 1.54) is 13.2 Å². The zero-order valence-electron chi connectivity index (χ0n) is 23.6. The second-order valence-electron chi connectivity index (χ2n) is 10.4. The number of phenols is 1. The topological polar surface area (TPSA) is 116 Å². The Labute approximate surface area is 240 Å². The van der Waals surface area contributed by atoms with E-state index in [1.807, 2.05) is 42.5 Å². The average molecular weight is 567 g/mol. The molecule has 3 N–H and O–H groups in total. The molecule has 2 fully saturated rings. The van der Waals surface area contributed by atoms with Gasteiger partial charge in [-0.1, -0.05) is 42.5 Å². The summed E-state index contributed by atoms with van der Waals surface area (Å²) in [5, 5.41) is 31.0. The molecule has 5 atom stereocenters. The molecule has 5 unspecified atom stereocenters. The maximum absolute atomic E-state index is 12.2. The fraction of sp³-hybridized carbons (Fsp3) is 0.438. The Bertz CT molecular complexity index is 1290. The predicted octanol–water partition coefficient (Wildman–Crippen LogP) is 4.22. The molecule has 0 amide bonds. The summed E-state index contributed by atoms with van der Waals surface area (Å²) in [5.74, 6) is 1.56. The summed E-state index contributed by atoms with van der Waals surface area (Å²) in [6, 6.07) is 20.9. The number of aliphatic hydroxyl groups is 2. The molecule has 0 aromatic heterocycles. The zero-order chi connectivity index (χ0) is 29.0. The van der Waals surface area contributed by atoms with Crippen LogP contribution in [0.5, 0.6) is 23.0 Å². The van der Waals surface area contributed by atoms with Crippen LogP contribution in [0.4, 0.5) is 0 Å². The monoisotopic (exact) mass is 566 g/mol. The molecular weight excluding hydrogens is 528 g/mol. The number of fused-ring (bicyclic) bond motifs is 3. The third kappa shape index (κ3) is 5.24. The minimum Gasteiger partial charge on any atom is -0.508 e. The predicted molar refractivity (Wildman–Crippen MR) is 150 cm³/mol. The van der Waals surface area contributed by atoms with Crippen molar-refractivity contribution in [3.63, 3.8) is 0 Å². The van der Waals surface area contributed by atoms with Crippen molar-refractivity contribution in [2.45, 2.75) is 48.8 Å². The zero-order valence-corrected chi connectivity index (χ0v) is 23.6.